The van der Waals surface area contributed by atoms with E-state index in [4.69, 9.17) is 11.6 Å². The third-order valence-electron chi connectivity index (χ3n) is 3.45. The van der Waals surface area contributed by atoms with Gasteiger partial charge in [-0.1, -0.05) is 11.6 Å². The summed E-state index contributed by atoms with van der Waals surface area (Å²) in [6.45, 7) is 0.542. The average molecular weight is 386 g/mol. The summed E-state index contributed by atoms with van der Waals surface area (Å²) in [7, 11) is 1.87. The van der Waals surface area contributed by atoms with Crippen LogP contribution in [0.4, 0.5) is 8.78 Å². The molecule has 2 aromatic rings. The molecular weight excluding hydrogens is 364 g/mol. The van der Waals surface area contributed by atoms with Gasteiger partial charge in [0.15, 0.2) is 5.96 Å². The fourth-order valence-electron chi connectivity index (χ4n) is 2.31. The Hall–Kier alpha value is -2.35. The van der Waals surface area contributed by atoms with E-state index in [1.807, 2.05) is 26.4 Å². The summed E-state index contributed by atoms with van der Waals surface area (Å²) in [6.07, 6.45) is 4.55. The van der Waals surface area contributed by atoms with Gasteiger partial charge in [0.1, 0.15) is 5.75 Å². The van der Waals surface area contributed by atoms with E-state index in [0.29, 0.717) is 29.6 Å². The Morgan fingerprint density at radius 3 is 2.85 bits per heavy atom. The van der Waals surface area contributed by atoms with E-state index < -0.39 is 6.61 Å². The highest BCUT2D eigenvalue weighted by atomic mass is 35.5. The maximum absolute atomic E-state index is 12.5. The van der Waals surface area contributed by atoms with E-state index >= 15 is 0 Å². The number of ether oxygens (including phenoxy) is 1. The van der Waals surface area contributed by atoms with Crippen LogP contribution in [0.5, 0.6) is 5.75 Å². The van der Waals surface area contributed by atoms with Crippen LogP contribution in [-0.2, 0) is 20.0 Å². The summed E-state index contributed by atoms with van der Waals surface area (Å²) in [5.41, 5.74) is 1.60. The van der Waals surface area contributed by atoms with Gasteiger partial charge in [-0.25, -0.2) is 4.99 Å². The second-order valence-electron chi connectivity index (χ2n) is 5.52. The van der Waals surface area contributed by atoms with Gasteiger partial charge in [0.05, 0.1) is 12.7 Å². The predicted octanol–water partition coefficient (Wildman–Crippen LogP) is 2.97. The first-order valence-electron chi connectivity index (χ1n) is 8.21. The zero-order chi connectivity index (χ0) is 18.9. The molecule has 0 bridgehead atoms. The summed E-state index contributed by atoms with van der Waals surface area (Å²) >= 11 is 5.95. The lowest BCUT2D eigenvalue weighted by molar-refractivity contribution is -0.0504. The lowest BCUT2D eigenvalue weighted by Gasteiger charge is -2.13. The Labute approximate surface area is 156 Å². The number of rotatable bonds is 8. The lowest BCUT2D eigenvalue weighted by Crippen LogP contribution is -2.38. The molecule has 0 radical (unpaired) electrons. The van der Waals surface area contributed by atoms with E-state index in [1.54, 1.807) is 10.7 Å². The van der Waals surface area contributed by atoms with Crippen LogP contribution in [0.15, 0.2) is 35.6 Å². The maximum Gasteiger partial charge on any atom is 0.387 e. The zero-order valence-corrected chi connectivity index (χ0v) is 15.4. The number of guanidine groups is 1. The summed E-state index contributed by atoms with van der Waals surface area (Å²) in [5, 5.41) is 10.9. The van der Waals surface area contributed by atoms with Gasteiger partial charge < -0.3 is 15.4 Å². The molecule has 0 saturated carbocycles. The topological polar surface area (TPSA) is 63.5 Å². The van der Waals surface area contributed by atoms with Gasteiger partial charge in [-0.3, -0.25) is 4.68 Å². The van der Waals surface area contributed by atoms with Gasteiger partial charge >= 0.3 is 6.61 Å². The highest BCUT2D eigenvalue weighted by Gasteiger charge is 2.10. The van der Waals surface area contributed by atoms with E-state index in [0.717, 1.165) is 12.0 Å². The Kier molecular flexibility index (Phi) is 7.65. The van der Waals surface area contributed by atoms with Crippen LogP contribution >= 0.6 is 11.6 Å². The largest absolute Gasteiger partial charge is 0.434 e. The van der Waals surface area contributed by atoms with Crippen molar-refractivity contribution in [3.05, 3.63) is 46.7 Å². The number of nitrogens with one attached hydrogen (secondary N) is 2. The van der Waals surface area contributed by atoms with Crippen LogP contribution in [-0.4, -0.2) is 35.4 Å². The first-order valence-corrected chi connectivity index (χ1v) is 8.58. The Morgan fingerprint density at radius 1 is 1.38 bits per heavy atom. The fourth-order valence-corrected chi connectivity index (χ4v) is 2.51. The van der Waals surface area contributed by atoms with Crippen molar-refractivity contribution in [3.63, 3.8) is 0 Å². The van der Waals surface area contributed by atoms with Crippen molar-refractivity contribution in [1.29, 1.82) is 0 Å². The molecule has 2 rings (SSSR count). The summed E-state index contributed by atoms with van der Waals surface area (Å²) in [4.78, 5) is 4.42. The number of alkyl halides is 2. The molecule has 0 fully saturated rings. The molecule has 0 amide bonds. The first-order chi connectivity index (χ1) is 12.5. The quantitative estimate of drug-likeness (QED) is 0.541. The van der Waals surface area contributed by atoms with Crippen LogP contribution < -0.4 is 15.4 Å². The van der Waals surface area contributed by atoms with E-state index in [2.05, 4.69) is 25.5 Å². The molecule has 142 valence electrons. The van der Waals surface area contributed by atoms with Crippen molar-refractivity contribution in [1.82, 2.24) is 20.4 Å². The van der Waals surface area contributed by atoms with Crippen molar-refractivity contribution < 1.29 is 13.5 Å². The molecule has 9 heteroatoms. The summed E-state index contributed by atoms with van der Waals surface area (Å²) < 4.78 is 31.3. The number of nitrogens with zero attached hydrogens (tertiary/aromatic N) is 3. The van der Waals surface area contributed by atoms with Crippen LogP contribution in [0, 0.1) is 0 Å². The van der Waals surface area contributed by atoms with Crippen LogP contribution in [0.3, 0.4) is 0 Å². The van der Waals surface area contributed by atoms with Gasteiger partial charge in [-0.15, -0.1) is 0 Å². The molecule has 6 nitrogen and oxygen atoms in total. The van der Waals surface area contributed by atoms with Gasteiger partial charge in [0.25, 0.3) is 0 Å². The standard InChI is InChI=1S/C17H22ClF2N5O/c1-3-21-17(22-7-6-12-9-24-25(2)11-12)23-10-13-8-14(18)4-5-15(13)26-16(19)20/h4-5,8-9,11,16H,3,6-7,10H2,1-2H3,(H2,21,22,23). The number of hydrogen-bond acceptors (Lipinski definition) is 3. The van der Waals surface area contributed by atoms with Crippen molar-refractivity contribution >= 4 is 17.6 Å². The lowest BCUT2D eigenvalue weighted by atomic mass is 10.2. The SMILES string of the molecule is CCNC(=NCc1cc(Cl)ccc1OC(F)F)NCCc1cnn(C)c1. The molecule has 0 atom stereocenters. The molecule has 1 heterocycles. The van der Waals surface area contributed by atoms with E-state index in [1.165, 1.54) is 12.1 Å². The maximum atomic E-state index is 12.5. The first kappa shape index (κ1) is 20.0. The van der Waals surface area contributed by atoms with Crippen LogP contribution in [0.25, 0.3) is 0 Å². The van der Waals surface area contributed by atoms with Crippen molar-refractivity contribution in [2.75, 3.05) is 13.1 Å². The monoisotopic (exact) mass is 385 g/mol. The van der Waals surface area contributed by atoms with Gasteiger partial charge in [-0.05, 0) is 37.1 Å². The van der Waals surface area contributed by atoms with Gasteiger partial charge in [0.2, 0.25) is 0 Å². The molecule has 0 saturated heterocycles. The molecule has 26 heavy (non-hydrogen) atoms. The summed E-state index contributed by atoms with van der Waals surface area (Å²) in [6, 6.07) is 4.49. The van der Waals surface area contributed by atoms with Gasteiger partial charge in [-0.2, -0.15) is 13.9 Å². The fraction of sp³-hybridized carbons (Fsp3) is 0.412. The smallest absolute Gasteiger partial charge is 0.387 e. The second kappa shape index (κ2) is 9.96. The Balaban J connectivity index is 2.00. The Bertz CT molecular complexity index is 736. The summed E-state index contributed by atoms with van der Waals surface area (Å²) in [5.74, 6) is 0.652. The molecule has 1 aromatic carbocycles. The number of aryl methyl sites for hydroxylation is 1. The zero-order valence-electron chi connectivity index (χ0n) is 14.7. The number of aromatic nitrogens is 2. The predicted molar refractivity (Wildman–Crippen MR) is 97.8 cm³/mol. The van der Waals surface area contributed by atoms with Crippen molar-refractivity contribution in [2.45, 2.75) is 26.5 Å². The number of aliphatic imine (C=N–C) groups is 1. The molecule has 0 aliphatic heterocycles. The molecular formula is C17H22ClF2N5O. The minimum atomic E-state index is -2.90. The number of hydrogen-bond donors (Lipinski definition) is 2. The minimum absolute atomic E-state index is 0.0689. The van der Waals surface area contributed by atoms with Crippen molar-refractivity contribution in [2.24, 2.45) is 12.0 Å². The third kappa shape index (κ3) is 6.51. The molecule has 0 aliphatic carbocycles. The highest BCUT2D eigenvalue weighted by Crippen LogP contribution is 2.25. The average Bonchev–Trinajstić information content (AvgIpc) is 2.99. The Morgan fingerprint density at radius 2 is 2.19 bits per heavy atom. The molecule has 0 aliphatic rings. The second-order valence-corrected chi connectivity index (χ2v) is 5.96. The van der Waals surface area contributed by atoms with E-state index in [9.17, 15) is 8.78 Å². The third-order valence-corrected chi connectivity index (χ3v) is 3.69. The normalized spacial score (nSPS) is 11.7. The molecule has 0 spiro atoms. The van der Waals surface area contributed by atoms with Crippen LogP contribution in [0.2, 0.25) is 5.02 Å². The van der Waals surface area contributed by atoms with Crippen molar-refractivity contribution in [3.8, 4) is 5.75 Å². The number of benzene rings is 1. The number of halogens is 3. The highest BCUT2D eigenvalue weighted by molar-refractivity contribution is 6.30. The van der Waals surface area contributed by atoms with E-state index in [-0.39, 0.29) is 12.3 Å². The minimum Gasteiger partial charge on any atom is -0.434 e. The van der Waals surface area contributed by atoms with Gasteiger partial charge in [0, 0.05) is 36.9 Å². The molecule has 0 unspecified atom stereocenters. The molecule has 1 aromatic heterocycles. The molecule has 2 N–H and O–H groups in total. The van der Waals surface area contributed by atoms with Crippen LogP contribution in [0.1, 0.15) is 18.1 Å².